The average molecular weight is 247 g/mol. The predicted octanol–water partition coefficient (Wildman–Crippen LogP) is 1.87. The molecule has 1 unspecified atom stereocenters. The van der Waals surface area contributed by atoms with Crippen molar-refractivity contribution in [3.63, 3.8) is 0 Å². The maximum Gasteiger partial charge on any atom is 0.168 e. The molecule has 1 aromatic carbocycles. The van der Waals surface area contributed by atoms with Crippen LogP contribution in [0.3, 0.4) is 0 Å². The van der Waals surface area contributed by atoms with Gasteiger partial charge in [-0.2, -0.15) is 0 Å². The van der Waals surface area contributed by atoms with E-state index in [0.29, 0.717) is 17.7 Å². The molecule has 2 aromatic rings. The monoisotopic (exact) mass is 247 g/mol. The van der Waals surface area contributed by atoms with Gasteiger partial charge in [-0.3, -0.25) is 0 Å². The summed E-state index contributed by atoms with van der Waals surface area (Å²) in [7, 11) is 1.44. The lowest BCUT2D eigenvalue weighted by atomic mass is 10.0. The molecular weight excluding hydrogens is 233 g/mol. The van der Waals surface area contributed by atoms with E-state index >= 15 is 0 Å². The Morgan fingerprint density at radius 2 is 2.22 bits per heavy atom. The number of aromatic nitrogens is 2. The molecule has 0 aliphatic rings. The van der Waals surface area contributed by atoms with Gasteiger partial charge in [-0.05, 0) is 24.1 Å². The van der Waals surface area contributed by atoms with Crippen LogP contribution in [0.1, 0.15) is 17.3 Å². The Labute approximate surface area is 105 Å². The summed E-state index contributed by atoms with van der Waals surface area (Å²) < 4.78 is 18.9. The first kappa shape index (κ1) is 12.4. The van der Waals surface area contributed by atoms with Gasteiger partial charge >= 0.3 is 0 Å². The number of rotatable bonds is 4. The van der Waals surface area contributed by atoms with Crippen LogP contribution >= 0.6 is 0 Å². The third kappa shape index (κ3) is 2.62. The van der Waals surface area contributed by atoms with Crippen molar-refractivity contribution in [1.82, 2.24) is 9.97 Å². The minimum atomic E-state index is -0.371. The molecule has 5 heteroatoms. The molecule has 0 spiro atoms. The SMILES string of the molecule is COc1cccc(CC(N)c2ccncn2)c1F. The summed E-state index contributed by atoms with van der Waals surface area (Å²) >= 11 is 0. The molecule has 0 radical (unpaired) electrons. The summed E-state index contributed by atoms with van der Waals surface area (Å²) in [6.07, 6.45) is 3.40. The lowest BCUT2D eigenvalue weighted by Crippen LogP contribution is -2.15. The van der Waals surface area contributed by atoms with Crippen LogP contribution in [0.4, 0.5) is 4.39 Å². The van der Waals surface area contributed by atoms with Crippen molar-refractivity contribution in [2.45, 2.75) is 12.5 Å². The summed E-state index contributed by atoms with van der Waals surface area (Å²) in [6, 6.07) is 6.37. The molecule has 1 heterocycles. The highest BCUT2D eigenvalue weighted by atomic mass is 19.1. The molecule has 2 rings (SSSR count). The number of halogens is 1. The zero-order valence-corrected chi connectivity index (χ0v) is 10.0. The summed E-state index contributed by atoms with van der Waals surface area (Å²) in [5.41, 5.74) is 7.19. The Balaban J connectivity index is 2.19. The average Bonchev–Trinajstić information content (AvgIpc) is 2.42. The van der Waals surface area contributed by atoms with Gasteiger partial charge in [0, 0.05) is 6.20 Å². The lowest BCUT2D eigenvalue weighted by molar-refractivity contribution is 0.383. The fourth-order valence-electron chi connectivity index (χ4n) is 1.73. The molecule has 1 aromatic heterocycles. The van der Waals surface area contributed by atoms with Crippen molar-refractivity contribution in [2.24, 2.45) is 5.73 Å². The Hall–Kier alpha value is -2.01. The Morgan fingerprint density at radius 1 is 1.39 bits per heavy atom. The first-order valence-electron chi connectivity index (χ1n) is 5.55. The minimum absolute atomic E-state index is 0.224. The van der Waals surface area contributed by atoms with Gasteiger partial charge in [0.25, 0.3) is 0 Å². The van der Waals surface area contributed by atoms with Crippen LogP contribution in [0.5, 0.6) is 5.75 Å². The fraction of sp³-hybridized carbons (Fsp3) is 0.231. The van der Waals surface area contributed by atoms with Crippen LogP contribution in [-0.2, 0) is 6.42 Å². The Morgan fingerprint density at radius 3 is 2.89 bits per heavy atom. The molecule has 0 fully saturated rings. The van der Waals surface area contributed by atoms with Gasteiger partial charge in [0.2, 0.25) is 0 Å². The lowest BCUT2D eigenvalue weighted by Gasteiger charge is -2.12. The smallest absolute Gasteiger partial charge is 0.168 e. The van der Waals surface area contributed by atoms with Crippen LogP contribution in [0.2, 0.25) is 0 Å². The summed E-state index contributed by atoms with van der Waals surface area (Å²) in [6.45, 7) is 0. The van der Waals surface area contributed by atoms with E-state index in [1.807, 2.05) is 0 Å². The normalized spacial score (nSPS) is 12.2. The highest BCUT2D eigenvalue weighted by Crippen LogP contribution is 2.23. The number of ether oxygens (including phenoxy) is 1. The third-order valence-electron chi connectivity index (χ3n) is 2.69. The second-order valence-corrected chi connectivity index (χ2v) is 3.88. The molecule has 0 amide bonds. The molecule has 0 saturated heterocycles. The maximum atomic E-state index is 13.9. The molecule has 18 heavy (non-hydrogen) atoms. The minimum Gasteiger partial charge on any atom is -0.494 e. The predicted molar refractivity (Wildman–Crippen MR) is 65.6 cm³/mol. The highest BCUT2D eigenvalue weighted by molar-refractivity contribution is 5.32. The van der Waals surface area contributed by atoms with Crippen LogP contribution in [0, 0.1) is 5.82 Å². The van der Waals surface area contributed by atoms with Gasteiger partial charge in [-0.1, -0.05) is 12.1 Å². The first-order valence-corrected chi connectivity index (χ1v) is 5.55. The van der Waals surface area contributed by atoms with Crippen molar-refractivity contribution in [3.05, 3.63) is 53.9 Å². The van der Waals surface area contributed by atoms with Crippen LogP contribution < -0.4 is 10.5 Å². The van der Waals surface area contributed by atoms with E-state index in [1.54, 1.807) is 30.5 Å². The number of benzene rings is 1. The Bertz CT molecular complexity index is 519. The molecule has 1 atom stereocenters. The van der Waals surface area contributed by atoms with Gasteiger partial charge < -0.3 is 10.5 Å². The van der Waals surface area contributed by atoms with Gasteiger partial charge in [0.1, 0.15) is 6.33 Å². The number of hydrogen-bond donors (Lipinski definition) is 1. The molecule has 0 aliphatic heterocycles. The third-order valence-corrected chi connectivity index (χ3v) is 2.69. The number of hydrogen-bond acceptors (Lipinski definition) is 4. The molecular formula is C13H14FN3O. The zero-order valence-electron chi connectivity index (χ0n) is 10.0. The van der Waals surface area contributed by atoms with Gasteiger partial charge in [-0.25, -0.2) is 14.4 Å². The van der Waals surface area contributed by atoms with Crippen molar-refractivity contribution in [1.29, 1.82) is 0 Å². The van der Waals surface area contributed by atoms with Crippen molar-refractivity contribution < 1.29 is 9.13 Å². The van der Waals surface area contributed by atoms with Crippen molar-refractivity contribution in [3.8, 4) is 5.75 Å². The van der Waals surface area contributed by atoms with Gasteiger partial charge in [0.05, 0.1) is 18.8 Å². The number of methoxy groups -OCH3 is 1. The Kier molecular flexibility index (Phi) is 3.84. The summed E-state index contributed by atoms with van der Waals surface area (Å²) in [5.74, 6) is -0.146. The van der Waals surface area contributed by atoms with Crippen LogP contribution in [0.15, 0.2) is 36.8 Å². The van der Waals surface area contributed by atoms with E-state index in [2.05, 4.69) is 9.97 Å². The standard InChI is InChI=1S/C13H14FN3O/c1-18-12-4-2-3-9(13(12)14)7-10(15)11-5-6-16-8-17-11/h2-6,8,10H,7,15H2,1H3. The second-order valence-electron chi connectivity index (χ2n) is 3.88. The van der Waals surface area contributed by atoms with Crippen molar-refractivity contribution in [2.75, 3.05) is 7.11 Å². The molecule has 2 N–H and O–H groups in total. The molecule has 0 bridgehead atoms. The van der Waals surface area contributed by atoms with E-state index in [-0.39, 0.29) is 17.6 Å². The second kappa shape index (κ2) is 5.55. The molecule has 94 valence electrons. The summed E-state index contributed by atoms with van der Waals surface area (Å²) in [5, 5.41) is 0. The molecule has 0 saturated carbocycles. The largest absolute Gasteiger partial charge is 0.494 e. The van der Waals surface area contributed by atoms with E-state index in [9.17, 15) is 4.39 Å². The fourth-order valence-corrected chi connectivity index (χ4v) is 1.73. The quantitative estimate of drug-likeness (QED) is 0.895. The zero-order chi connectivity index (χ0) is 13.0. The van der Waals surface area contributed by atoms with E-state index in [1.165, 1.54) is 13.4 Å². The van der Waals surface area contributed by atoms with E-state index in [0.717, 1.165) is 0 Å². The number of nitrogens with two attached hydrogens (primary N) is 1. The summed E-state index contributed by atoms with van der Waals surface area (Å²) in [4.78, 5) is 7.88. The van der Waals surface area contributed by atoms with Gasteiger partial charge in [-0.15, -0.1) is 0 Å². The molecule has 0 aliphatic carbocycles. The van der Waals surface area contributed by atoms with Gasteiger partial charge in [0.15, 0.2) is 11.6 Å². The van der Waals surface area contributed by atoms with E-state index < -0.39 is 0 Å². The topological polar surface area (TPSA) is 61.0 Å². The van der Waals surface area contributed by atoms with Crippen LogP contribution in [-0.4, -0.2) is 17.1 Å². The maximum absolute atomic E-state index is 13.9. The highest BCUT2D eigenvalue weighted by Gasteiger charge is 2.13. The molecule has 4 nitrogen and oxygen atoms in total. The van der Waals surface area contributed by atoms with Crippen molar-refractivity contribution >= 4 is 0 Å². The van der Waals surface area contributed by atoms with Crippen LogP contribution in [0.25, 0.3) is 0 Å². The first-order chi connectivity index (χ1) is 8.72. The van der Waals surface area contributed by atoms with E-state index in [4.69, 9.17) is 10.5 Å². The number of nitrogens with zero attached hydrogens (tertiary/aromatic N) is 2.